The molecule has 0 bridgehead atoms. The SMILES string of the molecule is CC(NN1C(C)CCCC1C)C1CCN(C)CC1. The third kappa shape index (κ3) is 3.46. The topological polar surface area (TPSA) is 18.5 Å². The molecule has 2 aliphatic heterocycles. The van der Waals surface area contributed by atoms with Crippen molar-refractivity contribution < 1.29 is 0 Å². The first kappa shape index (κ1) is 14.3. The summed E-state index contributed by atoms with van der Waals surface area (Å²) in [5.74, 6) is 0.850. The predicted octanol–water partition coefficient (Wildman–Crippen LogP) is 2.48. The van der Waals surface area contributed by atoms with Crippen LogP contribution in [-0.4, -0.2) is 48.2 Å². The third-order valence-electron chi connectivity index (χ3n) is 5.02. The zero-order valence-corrected chi connectivity index (χ0v) is 12.7. The highest BCUT2D eigenvalue weighted by Crippen LogP contribution is 2.24. The number of hydrogen-bond donors (Lipinski definition) is 1. The molecule has 0 spiro atoms. The molecule has 3 heteroatoms. The second-order valence-corrected chi connectivity index (χ2v) is 6.59. The van der Waals surface area contributed by atoms with Gasteiger partial charge in [-0.25, -0.2) is 5.01 Å². The smallest absolute Gasteiger partial charge is 0.0218 e. The molecule has 2 saturated heterocycles. The molecule has 106 valence electrons. The molecule has 0 amide bonds. The first-order valence-corrected chi connectivity index (χ1v) is 7.81. The lowest BCUT2D eigenvalue weighted by Gasteiger charge is -2.43. The van der Waals surface area contributed by atoms with Crippen molar-refractivity contribution in [1.82, 2.24) is 15.3 Å². The monoisotopic (exact) mass is 253 g/mol. The first-order valence-electron chi connectivity index (χ1n) is 7.81. The first-order chi connectivity index (χ1) is 8.58. The molecule has 2 heterocycles. The summed E-state index contributed by atoms with van der Waals surface area (Å²) in [6.07, 6.45) is 6.78. The lowest BCUT2D eigenvalue weighted by atomic mass is 9.90. The molecule has 3 atom stereocenters. The summed E-state index contributed by atoms with van der Waals surface area (Å²) in [7, 11) is 2.24. The second-order valence-electron chi connectivity index (χ2n) is 6.59. The van der Waals surface area contributed by atoms with Crippen molar-refractivity contribution >= 4 is 0 Å². The van der Waals surface area contributed by atoms with E-state index in [9.17, 15) is 0 Å². The lowest BCUT2D eigenvalue weighted by Crippen LogP contribution is -2.57. The van der Waals surface area contributed by atoms with Gasteiger partial charge in [0.05, 0.1) is 0 Å². The van der Waals surface area contributed by atoms with Crippen molar-refractivity contribution in [3.05, 3.63) is 0 Å². The van der Waals surface area contributed by atoms with E-state index in [4.69, 9.17) is 0 Å². The van der Waals surface area contributed by atoms with Gasteiger partial charge in [-0.1, -0.05) is 6.42 Å². The number of likely N-dealkylation sites (tertiary alicyclic amines) is 1. The highest BCUT2D eigenvalue weighted by atomic mass is 15.5. The minimum Gasteiger partial charge on any atom is -0.306 e. The van der Waals surface area contributed by atoms with Crippen molar-refractivity contribution in [1.29, 1.82) is 0 Å². The van der Waals surface area contributed by atoms with Crippen LogP contribution in [0.4, 0.5) is 0 Å². The van der Waals surface area contributed by atoms with Crippen molar-refractivity contribution in [3.8, 4) is 0 Å². The molecule has 3 unspecified atom stereocenters. The van der Waals surface area contributed by atoms with E-state index in [1.807, 2.05) is 0 Å². The van der Waals surface area contributed by atoms with Crippen LogP contribution in [0.15, 0.2) is 0 Å². The summed E-state index contributed by atoms with van der Waals surface area (Å²) in [5, 5.41) is 2.53. The number of nitrogens with zero attached hydrogens (tertiary/aromatic N) is 2. The maximum Gasteiger partial charge on any atom is 0.0218 e. The number of hydrazine groups is 1. The van der Waals surface area contributed by atoms with E-state index in [-0.39, 0.29) is 0 Å². The molecule has 0 aliphatic carbocycles. The third-order valence-corrected chi connectivity index (χ3v) is 5.02. The predicted molar refractivity (Wildman–Crippen MR) is 77.4 cm³/mol. The average molecular weight is 253 g/mol. The van der Waals surface area contributed by atoms with E-state index in [0.29, 0.717) is 18.1 Å². The molecular weight excluding hydrogens is 222 g/mol. The Kier molecular flexibility index (Phi) is 5.05. The van der Waals surface area contributed by atoms with Gasteiger partial charge >= 0.3 is 0 Å². The number of piperidine rings is 2. The lowest BCUT2D eigenvalue weighted by molar-refractivity contribution is 0.0154. The number of nitrogens with one attached hydrogen (secondary N) is 1. The Hall–Kier alpha value is -0.120. The van der Waals surface area contributed by atoms with Crippen molar-refractivity contribution in [3.63, 3.8) is 0 Å². The Morgan fingerprint density at radius 2 is 1.56 bits per heavy atom. The van der Waals surface area contributed by atoms with Gasteiger partial charge in [-0.05, 0) is 72.5 Å². The van der Waals surface area contributed by atoms with Crippen LogP contribution in [0.1, 0.15) is 52.9 Å². The molecule has 2 aliphatic rings. The van der Waals surface area contributed by atoms with Crippen LogP contribution in [0.25, 0.3) is 0 Å². The van der Waals surface area contributed by atoms with E-state index in [2.05, 4.69) is 43.2 Å². The summed E-state index contributed by atoms with van der Waals surface area (Å²) >= 11 is 0. The van der Waals surface area contributed by atoms with E-state index >= 15 is 0 Å². The summed E-state index contributed by atoms with van der Waals surface area (Å²) < 4.78 is 0. The maximum absolute atomic E-state index is 3.82. The zero-order chi connectivity index (χ0) is 13.1. The Balaban J connectivity index is 1.84. The zero-order valence-electron chi connectivity index (χ0n) is 12.7. The van der Waals surface area contributed by atoms with Crippen molar-refractivity contribution in [2.24, 2.45) is 5.92 Å². The van der Waals surface area contributed by atoms with Gasteiger partial charge in [0.1, 0.15) is 0 Å². The fourth-order valence-electron chi connectivity index (χ4n) is 3.54. The standard InChI is InChI=1S/C15H31N3/c1-12-6-5-7-13(2)18(12)16-14(3)15-8-10-17(4)11-9-15/h12-16H,5-11H2,1-4H3. The normalized spacial score (nSPS) is 34.7. The van der Waals surface area contributed by atoms with Gasteiger partial charge in [-0.2, -0.15) is 0 Å². The van der Waals surface area contributed by atoms with Gasteiger partial charge in [0, 0.05) is 18.1 Å². The summed E-state index contributed by atoms with van der Waals surface area (Å²) in [5.41, 5.74) is 3.82. The highest BCUT2D eigenvalue weighted by molar-refractivity contribution is 4.82. The van der Waals surface area contributed by atoms with Crippen LogP contribution in [0.2, 0.25) is 0 Å². The van der Waals surface area contributed by atoms with Gasteiger partial charge < -0.3 is 4.90 Å². The molecule has 0 saturated carbocycles. The fraction of sp³-hybridized carbons (Fsp3) is 1.00. The fourth-order valence-corrected chi connectivity index (χ4v) is 3.54. The van der Waals surface area contributed by atoms with Crippen LogP contribution in [0.5, 0.6) is 0 Å². The number of rotatable bonds is 3. The molecule has 2 fully saturated rings. The largest absolute Gasteiger partial charge is 0.306 e. The Morgan fingerprint density at radius 3 is 2.11 bits per heavy atom. The average Bonchev–Trinajstić information content (AvgIpc) is 2.34. The Labute approximate surface area is 113 Å². The number of hydrogen-bond acceptors (Lipinski definition) is 3. The summed E-state index contributed by atoms with van der Waals surface area (Å²) in [6, 6.07) is 2.02. The molecule has 1 N–H and O–H groups in total. The summed E-state index contributed by atoms with van der Waals surface area (Å²) in [6.45, 7) is 9.64. The van der Waals surface area contributed by atoms with Crippen molar-refractivity contribution in [2.75, 3.05) is 20.1 Å². The van der Waals surface area contributed by atoms with Gasteiger partial charge in [-0.15, -0.1) is 0 Å². The molecule has 0 aromatic heterocycles. The van der Waals surface area contributed by atoms with Gasteiger partial charge in [0.15, 0.2) is 0 Å². The molecule has 18 heavy (non-hydrogen) atoms. The van der Waals surface area contributed by atoms with Crippen LogP contribution in [-0.2, 0) is 0 Å². The molecule has 0 aromatic rings. The van der Waals surface area contributed by atoms with Gasteiger partial charge in [0.2, 0.25) is 0 Å². The molecule has 0 aromatic carbocycles. The van der Waals surface area contributed by atoms with Gasteiger partial charge in [-0.3, -0.25) is 5.43 Å². The molecule has 3 nitrogen and oxygen atoms in total. The van der Waals surface area contributed by atoms with E-state index in [1.165, 1.54) is 45.2 Å². The Bertz CT molecular complexity index is 238. The van der Waals surface area contributed by atoms with Crippen LogP contribution < -0.4 is 5.43 Å². The summed E-state index contributed by atoms with van der Waals surface area (Å²) in [4.78, 5) is 2.45. The highest BCUT2D eigenvalue weighted by Gasteiger charge is 2.29. The minimum atomic E-state index is 0.627. The molecular formula is C15H31N3. The van der Waals surface area contributed by atoms with Gasteiger partial charge in [0.25, 0.3) is 0 Å². The molecule has 0 radical (unpaired) electrons. The van der Waals surface area contributed by atoms with E-state index < -0.39 is 0 Å². The minimum absolute atomic E-state index is 0.627. The van der Waals surface area contributed by atoms with Crippen LogP contribution >= 0.6 is 0 Å². The van der Waals surface area contributed by atoms with Crippen LogP contribution in [0.3, 0.4) is 0 Å². The van der Waals surface area contributed by atoms with Crippen molar-refractivity contribution in [2.45, 2.75) is 71.0 Å². The van der Waals surface area contributed by atoms with Crippen LogP contribution in [0, 0.1) is 5.92 Å². The van der Waals surface area contributed by atoms with E-state index in [1.54, 1.807) is 0 Å². The molecule has 2 rings (SSSR count). The second kappa shape index (κ2) is 6.36. The Morgan fingerprint density at radius 1 is 1.00 bits per heavy atom. The van der Waals surface area contributed by atoms with E-state index in [0.717, 1.165) is 5.92 Å². The quantitative estimate of drug-likeness (QED) is 0.833. The maximum atomic E-state index is 3.82.